The zero-order valence-electron chi connectivity index (χ0n) is 13.3. The topological polar surface area (TPSA) is 78.3 Å². The average Bonchev–Trinajstić information content (AvgIpc) is 3.08. The van der Waals surface area contributed by atoms with E-state index in [1.54, 1.807) is 29.2 Å². The number of para-hydroxylation sites is 2. The van der Waals surface area contributed by atoms with Gasteiger partial charge in [0, 0.05) is 12.3 Å². The summed E-state index contributed by atoms with van der Waals surface area (Å²) >= 11 is 0. The Morgan fingerprint density at radius 2 is 1.96 bits per heavy atom. The second-order valence-corrected chi connectivity index (χ2v) is 5.55. The number of hydrogen-bond donors (Lipinski definition) is 1. The number of hydrogen-bond acceptors (Lipinski definition) is 5. The Bertz CT molecular complexity index is 879. The SMILES string of the molecule is O=C(Nc1ccnn1Cc1ccccn1)[C@H]1COc2ccccc2O1. The maximum Gasteiger partial charge on any atom is 0.270 e. The van der Waals surface area contributed by atoms with Gasteiger partial charge in [0.05, 0.1) is 18.4 Å². The van der Waals surface area contributed by atoms with Gasteiger partial charge in [-0.2, -0.15) is 5.10 Å². The van der Waals surface area contributed by atoms with Crippen LogP contribution < -0.4 is 14.8 Å². The number of carbonyl (C=O) groups is 1. The number of rotatable bonds is 4. The summed E-state index contributed by atoms with van der Waals surface area (Å²) in [6, 6.07) is 14.7. The fourth-order valence-electron chi connectivity index (χ4n) is 2.57. The van der Waals surface area contributed by atoms with Crippen LogP contribution in [0.5, 0.6) is 11.5 Å². The molecule has 0 spiro atoms. The van der Waals surface area contributed by atoms with Crippen LogP contribution in [-0.4, -0.2) is 33.4 Å². The summed E-state index contributed by atoms with van der Waals surface area (Å²) in [7, 11) is 0. The summed E-state index contributed by atoms with van der Waals surface area (Å²) in [4.78, 5) is 16.8. The molecule has 4 rings (SSSR count). The second-order valence-electron chi connectivity index (χ2n) is 5.55. The molecule has 0 radical (unpaired) electrons. The van der Waals surface area contributed by atoms with Crippen LogP contribution >= 0.6 is 0 Å². The van der Waals surface area contributed by atoms with Gasteiger partial charge in [0.15, 0.2) is 11.5 Å². The Morgan fingerprint density at radius 1 is 1.12 bits per heavy atom. The number of nitrogens with one attached hydrogen (secondary N) is 1. The zero-order valence-corrected chi connectivity index (χ0v) is 13.3. The van der Waals surface area contributed by atoms with Crippen LogP contribution in [0.4, 0.5) is 5.82 Å². The third-order valence-electron chi connectivity index (χ3n) is 3.81. The molecule has 1 aliphatic rings. The van der Waals surface area contributed by atoms with Crippen molar-refractivity contribution in [1.82, 2.24) is 14.8 Å². The minimum Gasteiger partial charge on any atom is -0.485 e. The number of fused-ring (bicyclic) bond motifs is 1. The van der Waals surface area contributed by atoms with Gasteiger partial charge in [0.1, 0.15) is 12.4 Å². The zero-order chi connectivity index (χ0) is 17.1. The quantitative estimate of drug-likeness (QED) is 0.789. The van der Waals surface area contributed by atoms with Crippen molar-refractivity contribution >= 4 is 11.7 Å². The molecule has 7 nitrogen and oxygen atoms in total. The number of pyridine rings is 1. The fourth-order valence-corrected chi connectivity index (χ4v) is 2.57. The Morgan fingerprint density at radius 3 is 2.80 bits per heavy atom. The molecule has 0 aliphatic carbocycles. The highest BCUT2D eigenvalue weighted by atomic mass is 16.6. The number of aromatic nitrogens is 3. The van der Waals surface area contributed by atoms with E-state index in [9.17, 15) is 4.79 Å². The van der Waals surface area contributed by atoms with Crippen molar-refractivity contribution in [1.29, 1.82) is 0 Å². The Hall–Kier alpha value is -3.35. The lowest BCUT2D eigenvalue weighted by atomic mass is 10.2. The monoisotopic (exact) mass is 336 g/mol. The van der Waals surface area contributed by atoms with E-state index in [1.165, 1.54) is 0 Å². The summed E-state index contributed by atoms with van der Waals surface area (Å²) in [5, 5.41) is 7.08. The van der Waals surface area contributed by atoms with Gasteiger partial charge in [-0.25, -0.2) is 4.68 Å². The minimum absolute atomic E-state index is 0.164. The molecular weight excluding hydrogens is 320 g/mol. The van der Waals surface area contributed by atoms with Crippen LogP contribution in [0.25, 0.3) is 0 Å². The number of nitrogens with zero attached hydrogens (tertiary/aromatic N) is 3. The standard InChI is InChI=1S/C18H16N4O3/c23-18(16-12-24-14-6-1-2-7-15(14)25-16)21-17-8-10-20-22(17)11-13-5-3-4-9-19-13/h1-10,16H,11-12H2,(H,21,23)/t16-/m1/s1. The fraction of sp³-hybridized carbons (Fsp3) is 0.167. The van der Waals surface area contributed by atoms with E-state index in [4.69, 9.17) is 9.47 Å². The van der Waals surface area contributed by atoms with Gasteiger partial charge in [-0.3, -0.25) is 9.78 Å². The highest BCUT2D eigenvalue weighted by Gasteiger charge is 2.27. The van der Waals surface area contributed by atoms with Crippen molar-refractivity contribution in [2.24, 2.45) is 0 Å². The molecule has 0 saturated heterocycles. The number of carbonyl (C=O) groups excluding carboxylic acids is 1. The molecule has 3 aromatic rings. The molecule has 1 amide bonds. The van der Waals surface area contributed by atoms with Crippen molar-refractivity contribution in [3.8, 4) is 11.5 Å². The average molecular weight is 336 g/mol. The largest absolute Gasteiger partial charge is 0.485 e. The van der Waals surface area contributed by atoms with Crippen LogP contribution in [0.2, 0.25) is 0 Å². The van der Waals surface area contributed by atoms with Gasteiger partial charge < -0.3 is 14.8 Å². The van der Waals surface area contributed by atoms with E-state index < -0.39 is 6.10 Å². The third-order valence-corrected chi connectivity index (χ3v) is 3.81. The molecule has 1 aliphatic heterocycles. The third kappa shape index (κ3) is 3.30. The molecular formula is C18H16N4O3. The highest BCUT2D eigenvalue weighted by Crippen LogP contribution is 2.31. The number of amides is 1. The lowest BCUT2D eigenvalue weighted by Gasteiger charge is -2.25. The minimum atomic E-state index is -0.715. The van der Waals surface area contributed by atoms with Crippen LogP contribution in [-0.2, 0) is 11.3 Å². The van der Waals surface area contributed by atoms with Crippen molar-refractivity contribution in [2.75, 3.05) is 11.9 Å². The molecule has 7 heteroatoms. The normalized spacial score (nSPS) is 15.6. The summed E-state index contributed by atoms with van der Waals surface area (Å²) < 4.78 is 13.0. The Kier molecular flexibility index (Phi) is 4.04. The van der Waals surface area contributed by atoms with Crippen molar-refractivity contribution in [2.45, 2.75) is 12.6 Å². The molecule has 0 saturated carbocycles. The smallest absolute Gasteiger partial charge is 0.270 e. The van der Waals surface area contributed by atoms with Crippen LogP contribution in [0.3, 0.4) is 0 Å². The van der Waals surface area contributed by atoms with Gasteiger partial charge in [-0.15, -0.1) is 0 Å². The van der Waals surface area contributed by atoms with Crippen molar-refractivity contribution in [3.05, 3.63) is 66.6 Å². The van der Waals surface area contributed by atoms with E-state index in [-0.39, 0.29) is 12.5 Å². The summed E-state index contributed by atoms with van der Waals surface area (Å²) in [5.41, 5.74) is 0.855. The predicted molar refractivity (Wildman–Crippen MR) is 90.5 cm³/mol. The van der Waals surface area contributed by atoms with Crippen molar-refractivity contribution < 1.29 is 14.3 Å². The molecule has 1 aromatic carbocycles. The van der Waals surface area contributed by atoms with Crippen LogP contribution in [0.1, 0.15) is 5.69 Å². The van der Waals surface area contributed by atoms with Crippen molar-refractivity contribution in [3.63, 3.8) is 0 Å². The van der Waals surface area contributed by atoms with Gasteiger partial charge in [-0.1, -0.05) is 18.2 Å². The molecule has 2 aromatic heterocycles. The first-order valence-corrected chi connectivity index (χ1v) is 7.91. The van der Waals surface area contributed by atoms with Gasteiger partial charge in [0.2, 0.25) is 6.10 Å². The van der Waals surface area contributed by atoms with Gasteiger partial charge in [0.25, 0.3) is 5.91 Å². The maximum atomic E-state index is 12.5. The van der Waals surface area contributed by atoms with Gasteiger partial charge in [-0.05, 0) is 24.3 Å². The van der Waals surface area contributed by atoms with Gasteiger partial charge >= 0.3 is 0 Å². The molecule has 25 heavy (non-hydrogen) atoms. The maximum absolute atomic E-state index is 12.5. The predicted octanol–water partition coefficient (Wildman–Crippen LogP) is 2.10. The van der Waals surface area contributed by atoms with E-state index in [2.05, 4.69) is 15.4 Å². The first-order chi connectivity index (χ1) is 12.3. The van der Waals surface area contributed by atoms with E-state index in [0.29, 0.717) is 23.9 Å². The lowest BCUT2D eigenvalue weighted by Crippen LogP contribution is -2.40. The Balaban J connectivity index is 1.45. The van der Waals surface area contributed by atoms with Crippen LogP contribution in [0, 0.1) is 0 Å². The Labute approximate surface area is 144 Å². The molecule has 1 atom stereocenters. The first kappa shape index (κ1) is 15.2. The first-order valence-electron chi connectivity index (χ1n) is 7.91. The lowest BCUT2D eigenvalue weighted by molar-refractivity contribution is -0.125. The molecule has 0 unspecified atom stereocenters. The molecule has 126 valence electrons. The molecule has 3 heterocycles. The van der Waals surface area contributed by atoms with Crippen LogP contribution in [0.15, 0.2) is 60.9 Å². The summed E-state index contributed by atoms with van der Waals surface area (Å²) in [6.45, 7) is 0.630. The van der Waals surface area contributed by atoms with E-state index in [0.717, 1.165) is 5.69 Å². The second kappa shape index (κ2) is 6.64. The summed E-state index contributed by atoms with van der Waals surface area (Å²) in [5.74, 6) is 1.51. The van der Waals surface area contributed by atoms with E-state index >= 15 is 0 Å². The summed E-state index contributed by atoms with van der Waals surface area (Å²) in [6.07, 6.45) is 2.64. The highest BCUT2D eigenvalue weighted by molar-refractivity contribution is 5.94. The van der Waals surface area contributed by atoms with E-state index in [1.807, 2.05) is 36.4 Å². The number of anilines is 1. The molecule has 1 N–H and O–H groups in total. The molecule has 0 fully saturated rings. The molecule has 0 bridgehead atoms. The number of benzene rings is 1. The number of ether oxygens (including phenoxy) is 2.